The van der Waals surface area contributed by atoms with E-state index in [9.17, 15) is 23.1 Å². The van der Waals surface area contributed by atoms with Gasteiger partial charge in [-0.05, 0) is 6.07 Å². The van der Waals surface area contributed by atoms with Gasteiger partial charge in [-0.15, -0.1) is 0 Å². The van der Waals surface area contributed by atoms with Gasteiger partial charge in [-0.1, -0.05) is 34.1 Å². The van der Waals surface area contributed by atoms with Crippen LogP contribution in [0.1, 0.15) is 5.82 Å². The van der Waals surface area contributed by atoms with E-state index in [2.05, 4.69) is 20.9 Å². The minimum atomic E-state index is -4.52. The van der Waals surface area contributed by atoms with Gasteiger partial charge in [-0.3, -0.25) is 4.79 Å². The summed E-state index contributed by atoms with van der Waals surface area (Å²) in [5.74, 6) is -1.37. The summed E-state index contributed by atoms with van der Waals surface area (Å²) in [4.78, 5) is 17.3. The third-order valence-corrected chi connectivity index (χ3v) is 3.15. The Morgan fingerprint density at radius 3 is 2.50 bits per heavy atom. The van der Waals surface area contributed by atoms with Gasteiger partial charge < -0.3 is 10.1 Å². The summed E-state index contributed by atoms with van der Waals surface area (Å²) in [6.45, 7) is 0. The molecule has 2 N–H and O–H groups in total. The van der Waals surface area contributed by atoms with Crippen LogP contribution in [0.4, 0.5) is 13.2 Å². The Hall–Kier alpha value is -1.83. The lowest BCUT2D eigenvalue weighted by Gasteiger charge is -2.09. The normalized spacial score (nSPS) is 11.6. The van der Waals surface area contributed by atoms with Crippen LogP contribution in [0, 0.1) is 0 Å². The van der Waals surface area contributed by atoms with Crippen molar-refractivity contribution < 1.29 is 18.3 Å². The van der Waals surface area contributed by atoms with E-state index in [0.717, 1.165) is 0 Å². The van der Waals surface area contributed by atoms with E-state index in [0.29, 0.717) is 10.0 Å². The molecule has 0 saturated carbocycles. The molecule has 0 fully saturated rings. The van der Waals surface area contributed by atoms with Crippen LogP contribution < -0.4 is 5.56 Å². The predicted octanol–water partition coefficient (Wildman–Crippen LogP) is 3.01. The molecule has 0 amide bonds. The summed E-state index contributed by atoms with van der Waals surface area (Å²) in [5, 5.41) is 9.73. The van der Waals surface area contributed by atoms with Gasteiger partial charge in [-0.2, -0.15) is 18.2 Å². The maximum Gasteiger partial charge on any atom is 0.396 e. The zero-order valence-corrected chi connectivity index (χ0v) is 11.4. The SMILES string of the molecule is O=c1[nH]c(CC(F)(F)F)nc(O)c1-c1ccccc1Br. The minimum Gasteiger partial charge on any atom is -0.493 e. The lowest BCUT2D eigenvalue weighted by atomic mass is 10.1. The van der Waals surface area contributed by atoms with E-state index >= 15 is 0 Å². The molecular formula is C12H8BrF3N2O2. The van der Waals surface area contributed by atoms with Crippen molar-refractivity contribution in [2.75, 3.05) is 0 Å². The molecule has 1 aromatic heterocycles. The molecule has 0 bridgehead atoms. The van der Waals surface area contributed by atoms with Crippen LogP contribution in [-0.4, -0.2) is 21.3 Å². The molecule has 1 heterocycles. The number of aromatic amines is 1. The predicted molar refractivity (Wildman–Crippen MR) is 69.4 cm³/mol. The van der Waals surface area contributed by atoms with Crippen molar-refractivity contribution >= 4 is 15.9 Å². The molecule has 0 radical (unpaired) electrons. The summed E-state index contributed by atoms with van der Waals surface area (Å²) in [6, 6.07) is 6.50. The molecule has 2 rings (SSSR count). The first-order chi connectivity index (χ1) is 9.28. The van der Waals surface area contributed by atoms with E-state index in [1.807, 2.05) is 4.98 Å². The number of aromatic nitrogens is 2. The number of alkyl halides is 3. The highest BCUT2D eigenvalue weighted by Crippen LogP contribution is 2.30. The Kier molecular flexibility index (Phi) is 3.85. The van der Waals surface area contributed by atoms with E-state index in [-0.39, 0.29) is 5.56 Å². The van der Waals surface area contributed by atoms with Crippen LogP contribution in [0.2, 0.25) is 0 Å². The Bertz CT molecular complexity index is 698. The Morgan fingerprint density at radius 1 is 1.30 bits per heavy atom. The van der Waals surface area contributed by atoms with Crippen molar-refractivity contribution in [2.24, 2.45) is 0 Å². The molecule has 0 aliphatic heterocycles. The Morgan fingerprint density at radius 2 is 1.95 bits per heavy atom. The molecular weight excluding hydrogens is 341 g/mol. The number of hydrogen-bond donors (Lipinski definition) is 2. The molecule has 0 atom stereocenters. The zero-order valence-electron chi connectivity index (χ0n) is 9.83. The Labute approximate surface area is 119 Å². The molecule has 0 aliphatic rings. The number of nitrogens with zero attached hydrogens (tertiary/aromatic N) is 1. The van der Waals surface area contributed by atoms with Gasteiger partial charge in [-0.25, -0.2) is 0 Å². The average Bonchev–Trinajstić information content (AvgIpc) is 2.28. The summed E-state index contributed by atoms with van der Waals surface area (Å²) >= 11 is 3.20. The summed E-state index contributed by atoms with van der Waals surface area (Å²) in [6.07, 6.45) is -5.93. The molecule has 4 nitrogen and oxygen atoms in total. The third-order valence-electron chi connectivity index (χ3n) is 2.46. The maximum atomic E-state index is 12.2. The van der Waals surface area contributed by atoms with Crippen LogP contribution in [0.25, 0.3) is 11.1 Å². The summed E-state index contributed by atoms with van der Waals surface area (Å²) in [7, 11) is 0. The second-order valence-corrected chi connectivity index (χ2v) is 4.84. The van der Waals surface area contributed by atoms with Crippen molar-refractivity contribution in [3.8, 4) is 17.0 Å². The molecule has 8 heteroatoms. The number of rotatable bonds is 2. The zero-order chi connectivity index (χ0) is 14.9. The Balaban J connectivity index is 2.53. The third kappa shape index (κ3) is 3.19. The van der Waals surface area contributed by atoms with Crippen LogP contribution in [-0.2, 0) is 6.42 Å². The number of H-pyrrole nitrogens is 1. The standard InChI is InChI=1S/C12H8BrF3N2O2/c13-7-4-2-1-3-6(7)9-10(19)17-8(18-11(9)20)5-12(14,15)16/h1-4H,5H2,(H2,17,18,19,20). The fourth-order valence-electron chi connectivity index (χ4n) is 1.69. The monoisotopic (exact) mass is 348 g/mol. The van der Waals surface area contributed by atoms with E-state index in [1.54, 1.807) is 24.3 Å². The number of aromatic hydroxyl groups is 1. The van der Waals surface area contributed by atoms with Gasteiger partial charge in [0.1, 0.15) is 17.8 Å². The average molecular weight is 349 g/mol. The number of benzene rings is 1. The fraction of sp³-hybridized carbons (Fsp3) is 0.167. The van der Waals surface area contributed by atoms with Gasteiger partial charge in [0.05, 0.1) is 0 Å². The van der Waals surface area contributed by atoms with Crippen molar-refractivity contribution in [3.63, 3.8) is 0 Å². The highest BCUT2D eigenvalue weighted by molar-refractivity contribution is 9.10. The summed E-state index contributed by atoms with van der Waals surface area (Å²) < 4.78 is 37.2. The van der Waals surface area contributed by atoms with Gasteiger partial charge in [0.2, 0.25) is 5.88 Å². The molecule has 0 aliphatic carbocycles. The van der Waals surface area contributed by atoms with Gasteiger partial charge >= 0.3 is 6.18 Å². The first-order valence-electron chi connectivity index (χ1n) is 5.42. The molecule has 1 aromatic carbocycles. The lowest BCUT2D eigenvalue weighted by molar-refractivity contribution is -0.128. The van der Waals surface area contributed by atoms with Crippen LogP contribution in [0.3, 0.4) is 0 Å². The highest BCUT2D eigenvalue weighted by atomic mass is 79.9. The second-order valence-electron chi connectivity index (χ2n) is 3.98. The van der Waals surface area contributed by atoms with Crippen molar-refractivity contribution in [3.05, 3.63) is 44.9 Å². The number of hydrogen-bond acceptors (Lipinski definition) is 3. The van der Waals surface area contributed by atoms with Crippen LogP contribution in [0.15, 0.2) is 33.5 Å². The van der Waals surface area contributed by atoms with E-state index in [4.69, 9.17) is 0 Å². The van der Waals surface area contributed by atoms with Gasteiger partial charge in [0.25, 0.3) is 5.56 Å². The smallest absolute Gasteiger partial charge is 0.396 e. The number of halogens is 4. The highest BCUT2D eigenvalue weighted by Gasteiger charge is 2.30. The fourth-order valence-corrected chi connectivity index (χ4v) is 2.17. The van der Waals surface area contributed by atoms with Crippen molar-refractivity contribution in [2.45, 2.75) is 12.6 Å². The van der Waals surface area contributed by atoms with E-state index < -0.39 is 29.9 Å². The molecule has 20 heavy (non-hydrogen) atoms. The van der Waals surface area contributed by atoms with E-state index in [1.165, 1.54) is 0 Å². The molecule has 0 saturated heterocycles. The topological polar surface area (TPSA) is 66.0 Å². The van der Waals surface area contributed by atoms with Crippen molar-refractivity contribution in [1.82, 2.24) is 9.97 Å². The van der Waals surface area contributed by atoms with Crippen LogP contribution >= 0.6 is 15.9 Å². The maximum absolute atomic E-state index is 12.2. The first-order valence-corrected chi connectivity index (χ1v) is 6.21. The first kappa shape index (κ1) is 14.6. The van der Waals surface area contributed by atoms with Crippen molar-refractivity contribution in [1.29, 1.82) is 0 Å². The lowest BCUT2D eigenvalue weighted by Crippen LogP contribution is -2.20. The quantitative estimate of drug-likeness (QED) is 0.876. The van der Waals surface area contributed by atoms with Gasteiger partial charge in [0.15, 0.2) is 0 Å². The minimum absolute atomic E-state index is 0.177. The van der Waals surface area contributed by atoms with Crippen LogP contribution in [0.5, 0.6) is 5.88 Å². The van der Waals surface area contributed by atoms with Gasteiger partial charge in [0, 0.05) is 10.0 Å². The molecule has 0 spiro atoms. The second kappa shape index (κ2) is 5.28. The number of nitrogens with one attached hydrogen (secondary N) is 1. The molecule has 2 aromatic rings. The molecule has 106 valence electrons. The summed E-state index contributed by atoms with van der Waals surface area (Å²) in [5.41, 5.74) is -0.663. The largest absolute Gasteiger partial charge is 0.493 e. The molecule has 0 unspecified atom stereocenters.